The van der Waals surface area contributed by atoms with Crippen LogP contribution < -0.4 is 20.7 Å². The second kappa shape index (κ2) is 9.97. The first kappa shape index (κ1) is 23.9. The Kier molecular flexibility index (Phi) is 6.82. The molecule has 0 saturated carbocycles. The van der Waals surface area contributed by atoms with Crippen molar-refractivity contribution in [3.8, 4) is 5.75 Å². The van der Waals surface area contributed by atoms with Gasteiger partial charge in [0.25, 0.3) is 0 Å². The molecule has 0 aromatic heterocycles. The van der Waals surface area contributed by atoms with Crippen LogP contribution in [0.4, 0.5) is 15.8 Å². The number of rotatable bonds is 6. The van der Waals surface area contributed by atoms with Gasteiger partial charge >= 0.3 is 0 Å². The predicted molar refractivity (Wildman–Crippen MR) is 131 cm³/mol. The number of anilines is 2. The van der Waals surface area contributed by atoms with Crippen molar-refractivity contribution in [1.82, 2.24) is 0 Å². The van der Waals surface area contributed by atoms with E-state index in [9.17, 15) is 18.8 Å². The van der Waals surface area contributed by atoms with Crippen LogP contribution in [0.25, 0.3) is 0 Å². The van der Waals surface area contributed by atoms with Crippen molar-refractivity contribution in [2.75, 3.05) is 17.3 Å². The van der Waals surface area contributed by atoms with Crippen LogP contribution in [-0.4, -0.2) is 24.8 Å². The first-order valence-corrected chi connectivity index (χ1v) is 11.2. The lowest BCUT2D eigenvalue weighted by Gasteiger charge is -2.41. The number of hydrogen-bond acceptors (Lipinski definition) is 4. The Hall–Kier alpha value is -4.20. The van der Waals surface area contributed by atoms with Gasteiger partial charge in [-0.3, -0.25) is 14.4 Å². The van der Waals surface area contributed by atoms with Gasteiger partial charge in [0.1, 0.15) is 11.6 Å². The van der Waals surface area contributed by atoms with E-state index in [1.54, 1.807) is 11.0 Å². The first-order valence-electron chi connectivity index (χ1n) is 11.2. The summed E-state index contributed by atoms with van der Waals surface area (Å²) in [6.07, 6.45) is 0.397. The number of hydrogen-bond donors (Lipinski definition) is 2. The fraction of sp³-hybridized carbons (Fsp3) is 0.222. The van der Waals surface area contributed by atoms with Gasteiger partial charge in [0.2, 0.25) is 17.7 Å². The standard InChI is InChI=1S/C27H26FN3O4/c1-16-7-10-18(11-8-16)31-24(32)14-12-20(25(31)19-5-3-4-6-23(19)35-2)27(34)30-22-15-17(26(29)33)9-13-21(22)28/h3-11,13,15,20,25H,12,14H2,1-2H3,(H2,29,33)(H,30,34)/t20-,25-/m0/s1. The zero-order chi connectivity index (χ0) is 25.1. The van der Waals surface area contributed by atoms with E-state index < -0.39 is 29.6 Å². The van der Waals surface area contributed by atoms with Crippen molar-refractivity contribution in [2.45, 2.75) is 25.8 Å². The molecular weight excluding hydrogens is 449 g/mol. The third-order valence-corrected chi connectivity index (χ3v) is 6.21. The minimum atomic E-state index is -0.735. The SMILES string of the molecule is COc1ccccc1[C@H]1[C@@H](C(=O)Nc2cc(C(N)=O)ccc2F)CCC(=O)N1c1ccc(C)cc1. The maximum Gasteiger partial charge on any atom is 0.248 e. The van der Waals surface area contributed by atoms with Crippen LogP contribution in [-0.2, 0) is 9.59 Å². The van der Waals surface area contributed by atoms with Crippen molar-refractivity contribution in [1.29, 1.82) is 0 Å². The number of ether oxygens (including phenoxy) is 1. The molecule has 35 heavy (non-hydrogen) atoms. The third-order valence-electron chi connectivity index (χ3n) is 6.21. The van der Waals surface area contributed by atoms with E-state index in [0.717, 1.165) is 11.6 Å². The second-order valence-corrected chi connectivity index (χ2v) is 8.48. The summed E-state index contributed by atoms with van der Waals surface area (Å²) >= 11 is 0. The molecule has 7 nitrogen and oxygen atoms in total. The number of aryl methyl sites for hydroxylation is 1. The minimum absolute atomic E-state index is 0.0723. The monoisotopic (exact) mass is 475 g/mol. The number of primary amides is 1. The summed E-state index contributed by atoms with van der Waals surface area (Å²) in [6, 6.07) is 17.5. The number of para-hydroxylation sites is 1. The molecule has 4 rings (SSSR count). The van der Waals surface area contributed by atoms with Crippen molar-refractivity contribution < 1.29 is 23.5 Å². The molecule has 8 heteroatoms. The maximum atomic E-state index is 14.5. The number of carbonyl (C=O) groups excluding carboxylic acids is 3. The molecule has 1 saturated heterocycles. The molecule has 2 atom stereocenters. The van der Waals surface area contributed by atoms with Crippen molar-refractivity contribution in [3.05, 3.63) is 89.2 Å². The summed E-state index contributed by atoms with van der Waals surface area (Å²) in [7, 11) is 1.53. The van der Waals surface area contributed by atoms with Gasteiger partial charge in [0, 0.05) is 23.2 Å². The zero-order valence-corrected chi connectivity index (χ0v) is 19.5. The summed E-state index contributed by atoms with van der Waals surface area (Å²) < 4.78 is 20.1. The minimum Gasteiger partial charge on any atom is -0.496 e. The number of carbonyl (C=O) groups is 3. The highest BCUT2D eigenvalue weighted by atomic mass is 19.1. The molecular formula is C27H26FN3O4. The van der Waals surface area contributed by atoms with Crippen molar-refractivity contribution >= 4 is 29.1 Å². The molecule has 1 heterocycles. The fourth-order valence-electron chi connectivity index (χ4n) is 4.44. The van der Waals surface area contributed by atoms with E-state index in [0.29, 0.717) is 17.0 Å². The molecule has 180 valence electrons. The molecule has 3 aromatic rings. The second-order valence-electron chi connectivity index (χ2n) is 8.48. The number of nitrogens with one attached hydrogen (secondary N) is 1. The van der Waals surface area contributed by atoms with E-state index >= 15 is 0 Å². The van der Waals surface area contributed by atoms with E-state index in [1.807, 2.05) is 49.4 Å². The average molecular weight is 476 g/mol. The van der Waals surface area contributed by atoms with Gasteiger partial charge in [-0.15, -0.1) is 0 Å². The number of halogens is 1. The van der Waals surface area contributed by atoms with Crippen LogP contribution in [0.5, 0.6) is 5.75 Å². The molecule has 1 aliphatic rings. The number of benzene rings is 3. The van der Waals surface area contributed by atoms with Gasteiger partial charge in [-0.1, -0.05) is 35.9 Å². The van der Waals surface area contributed by atoms with Crippen LogP contribution in [0, 0.1) is 18.7 Å². The van der Waals surface area contributed by atoms with Gasteiger partial charge in [-0.25, -0.2) is 4.39 Å². The normalized spacial score (nSPS) is 17.7. The number of amides is 3. The summed E-state index contributed by atoms with van der Waals surface area (Å²) in [5, 5.41) is 2.61. The lowest BCUT2D eigenvalue weighted by molar-refractivity contribution is -0.126. The van der Waals surface area contributed by atoms with Gasteiger partial charge in [-0.2, -0.15) is 0 Å². The van der Waals surface area contributed by atoms with Gasteiger partial charge < -0.3 is 20.7 Å². The van der Waals surface area contributed by atoms with Crippen LogP contribution >= 0.6 is 0 Å². The van der Waals surface area contributed by atoms with Crippen LogP contribution in [0.15, 0.2) is 66.7 Å². The Morgan fingerprint density at radius 3 is 2.49 bits per heavy atom. The zero-order valence-electron chi connectivity index (χ0n) is 19.5. The number of methoxy groups -OCH3 is 1. The molecule has 1 fully saturated rings. The Morgan fingerprint density at radius 2 is 1.80 bits per heavy atom. The molecule has 3 amide bonds. The Balaban J connectivity index is 1.78. The van der Waals surface area contributed by atoms with Crippen LogP contribution in [0.1, 0.15) is 40.4 Å². The molecule has 3 aromatic carbocycles. The Bertz CT molecular complexity index is 1280. The topological polar surface area (TPSA) is 102 Å². The molecule has 0 aliphatic carbocycles. The van der Waals surface area contributed by atoms with Gasteiger partial charge in [-0.05, 0) is 49.7 Å². The van der Waals surface area contributed by atoms with Gasteiger partial charge in [0.05, 0.1) is 24.8 Å². The van der Waals surface area contributed by atoms with E-state index in [1.165, 1.54) is 19.2 Å². The highest BCUT2D eigenvalue weighted by Crippen LogP contribution is 2.43. The van der Waals surface area contributed by atoms with Crippen LogP contribution in [0.3, 0.4) is 0 Å². The molecule has 0 radical (unpaired) electrons. The predicted octanol–water partition coefficient (Wildman–Crippen LogP) is 4.36. The average Bonchev–Trinajstić information content (AvgIpc) is 2.85. The number of nitrogens with zero attached hydrogens (tertiary/aromatic N) is 1. The molecule has 0 bridgehead atoms. The van der Waals surface area contributed by atoms with Crippen LogP contribution in [0.2, 0.25) is 0 Å². The van der Waals surface area contributed by atoms with E-state index in [-0.39, 0.29) is 30.0 Å². The summed E-state index contributed by atoms with van der Waals surface area (Å²) in [5.74, 6) is -2.23. The first-order chi connectivity index (χ1) is 16.8. The summed E-state index contributed by atoms with van der Waals surface area (Å²) in [6.45, 7) is 1.95. The summed E-state index contributed by atoms with van der Waals surface area (Å²) in [4.78, 5) is 39.9. The maximum absolute atomic E-state index is 14.5. The van der Waals surface area contributed by atoms with Gasteiger partial charge in [0.15, 0.2) is 0 Å². The number of nitrogens with two attached hydrogens (primary N) is 1. The Labute approximate surface area is 202 Å². The lowest BCUT2D eigenvalue weighted by atomic mass is 9.82. The Morgan fingerprint density at radius 1 is 1.09 bits per heavy atom. The lowest BCUT2D eigenvalue weighted by Crippen LogP contribution is -2.47. The van der Waals surface area contributed by atoms with Crippen molar-refractivity contribution in [2.24, 2.45) is 11.7 Å². The fourth-order valence-corrected chi connectivity index (χ4v) is 4.44. The largest absolute Gasteiger partial charge is 0.496 e. The summed E-state index contributed by atoms with van der Waals surface area (Å²) in [5.41, 5.74) is 7.58. The molecule has 0 unspecified atom stereocenters. The van der Waals surface area contributed by atoms with E-state index in [2.05, 4.69) is 5.32 Å². The molecule has 0 spiro atoms. The smallest absolute Gasteiger partial charge is 0.248 e. The number of piperidine rings is 1. The van der Waals surface area contributed by atoms with Crippen molar-refractivity contribution in [3.63, 3.8) is 0 Å². The molecule has 3 N–H and O–H groups in total. The highest BCUT2D eigenvalue weighted by molar-refractivity contribution is 6.01. The molecule has 1 aliphatic heterocycles. The third kappa shape index (κ3) is 4.87. The van der Waals surface area contributed by atoms with E-state index in [4.69, 9.17) is 10.5 Å². The highest BCUT2D eigenvalue weighted by Gasteiger charge is 2.42. The quantitative estimate of drug-likeness (QED) is 0.553.